The van der Waals surface area contributed by atoms with Gasteiger partial charge in [0.15, 0.2) is 0 Å². The fourth-order valence-electron chi connectivity index (χ4n) is 3.10. The Balaban J connectivity index is 1.56. The summed E-state index contributed by atoms with van der Waals surface area (Å²) in [6, 6.07) is 5.48. The molecule has 3 rings (SSSR count). The molecule has 7 nitrogen and oxygen atoms in total. The van der Waals surface area contributed by atoms with Crippen LogP contribution < -0.4 is 5.32 Å². The predicted octanol–water partition coefficient (Wildman–Crippen LogP) is 1.81. The van der Waals surface area contributed by atoms with Gasteiger partial charge in [0.05, 0.1) is 12.8 Å². The minimum absolute atomic E-state index is 0.0110. The summed E-state index contributed by atoms with van der Waals surface area (Å²) in [5.41, 5.74) is 0. The van der Waals surface area contributed by atoms with Gasteiger partial charge in [-0.2, -0.15) is 4.31 Å². The standard InChI is InChI=1S/C18H20F2N2O5S/c19-13-3-4-14(20)17(10-13)28(25,26)22-7-5-12(6-8-22)18(24)21-11-15(23)16-2-1-9-27-16/h1-4,9-10,12,15,23H,5-8,11H2,(H,21,24). The van der Waals surface area contributed by atoms with Crippen LogP contribution in [0.1, 0.15) is 24.7 Å². The lowest BCUT2D eigenvalue weighted by atomic mass is 9.97. The maximum atomic E-state index is 13.8. The van der Waals surface area contributed by atoms with Gasteiger partial charge in [0.2, 0.25) is 15.9 Å². The van der Waals surface area contributed by atoms with Gasteiger partial charge in [-0.15, -0.1) is 0 Å². The summed E-state index contributed by atoms with van der Waals surface area (Å²) < 4.78 is 58.4. The number of amides is 1. The number of carbonyl (C=O) groups is 1. The minimum Gasteiger partial charge on any atom is -0.467 e. The lowest BCUT2D eigenvalue weighted by Gasteiger charge is -2.30. The van der Waals surface area contributed by atoms with E-state index in [1.165, 1.54) is 6.26 Å². The Labute approximate surface area is 161 Å². The number of sulfonamides is 1. The fraction of sp³-hybridized carbons (Fsp3) is 0.389. The molecule has 28 heavy (non-hydrogen) atoms. The number of furan rings is 1. The van der Waals surface area contributed by atoms with Crippen molar-refractivity contribution in [2.75, 3.05) is 19.6 Å². The van der Waals surface area contributed by atoms with E-state index in [0.29, 0.717) is 11.8 Å². The van der Waals surface area contributed by atoms with Crippen LogP contribution in [0.4, 0.5) is 8.78 Å². The fourth-order valence-corrected chi connectivity index (χ4v) is 4.64. The Morgan fingerprint density at radius 2 is 2.00 bits per heavy atom. The van der Waals surface area contributed by atoms with Gasteiger partial charge in [-0.25, -0.2) is 17.2 Å². The Bertz CT molecular complexity index is 925. The van der Waals surface area contributed by atoms with E-state index in [9.17, 15) is 27.1 Å². The van der Waals surface area contributed by atoms with E-state index in [4.69, 9.17) is 4.42 Å². The first-order valence-electron chi connectivity index (χ1n) is 8.73. The van der Waals surface area contributed by atoms with Gasteiger partial charge >= 0.3 is 0 Å². The monoisotopic (exact) mass is 414 g/mol. The summed E-state index contributed by atoms with van der Waals surface area (Å²) in [7, 11) is -4.19. The Morgan fingerprint density at radius 3 is 2.64 bits per heavy atom. The maximum absolute atomic E-state index is 13.8. The third-order valence-corrected chi connectivity index (χ3v) is 6.59. The van der Waals surface area contributed by atoms with E-state index in [2.05, 4.69) is 5.32 Å². The van der Waals surface area contributed by atoms with Crippen molar-refractivity contribution >= 4 is 15.9 Å². The van der Waals surface area contributed by atoms with Gasteiger partial charge in [0.25, 0.3) is 0 Å². The summed E-state index contributed by atoms with van der Waals surface area (Å²) >= 11 is 0. The van der Waals surface area contributed by atoms with Crippen LogP contribution >= 0.6 is 0 Å². The molecule has 1 atom stereocenters. The number of rotatable bonds is 6. The van der Waals surface area contributed by atoms with Crippen molar-refractivity contribution in [1.82, 2.24) is 9.62 Å². The maximum Gasteiger partial charge on any atom is 0.246 e. The van der Waals surface area contributed by atoms with Crippen molar-refractivity contribution in [3.63, 3.8) is 0 Å². The SMILES string of the molecule is O=C(NCC(O)c1ccco1)C1CCN(S(=O)(=O)c2cc(F)ccc2F)CC1. The zero-order valence-corrected chi connectivity index (χ0v) is 15.7. The molecule has 10 heteroatoms. The number of hydrogen-bond acceptors (Lipinski definition) is 5. The normalized spacial score (nSPS) is 17.4. The van der Waals surface area contributed by atoms with Crippen molar-refractivity contribution in [1.29, 1.82) is 0 Å². The van der Waals surface area contributed by atoms with Gasteiger partial charge in [-0.3, -0.25) is 4.79 Å². The van der Waals surface area contributed by atoms with Crippen molar-refractivity contribution in [2.45, 2.75) is 23.8 Å². The van der Waals surface area contributed by atoms with E-state index in [1.54, 1.807) is 12.1 Å². The molecule has 0 bridgehead atoms. The number of nitrogens with one attached hydrogen (secondary N) is 1. The van der Waals surface area contributed by atoms with Crippen LogP contribution in [0.2, 0.25) is 0 Å². The molecule has 1 aromatic carbocycles. The molecule has 0 aliphatic carbocycles. The van der Waals surface area contributed by atoms with Crippen LogP contribution in [-0.4, -0.2) is 43.4 Å². The Hall–Kier alpha value is -2.30. The van der Waals surface area contributed by atoms with E-state index < -0.39 is 38.6 Å². The second kappa shape index (κ2) is 8.38. The van der Waals surface area contributed by atoms with Crippen molar-refractivity contribution < 1.29 is 31.5 Å². The summed E-state index contributed by atoms with van der Waals surface area (Å²) in [4.78, 5) is 11.6. The lowest BCUT2D eigenvalue weighted by molar-refractivity contribution is -0.126. The van der Waals surface area contributed by atoms with Crippen LogP contribution in [0.3, 0.4) is 0 Å². The van der Waals surface area contributed by atoms with E-state index in [-0.39, 0.29) is 38.4 Å². The van der Waals surface area contributed by atoms with E-state index in [1.807, 2.05) is 0 Å². The molecule has 1 fully saturated rings. The summed E-state index contributed by atoms with van der Waals surface area (Å²) in [5, 5.41) is 12.5. The highest BCUT2D eigenvalue weighted by Gasteiger charge is 2.34. The summed E-state index contributed by atoms with van der Waals surface area (Å²) in [6.45, 7) is -0.00636. The number of aliphatic hydroxyl groups excluding tert-OH is 1. The molecule has 2 aromatic rings. The highest BCUT2D eigenvalue weighted by molar-refractivity contribution is 7.89. The molecule has 1 saturated heterocycles. The van der Waals surface area contributed by atoms with Gasteiger partial charge in [0.1, 0.15) is 28.4 Å². The lowest BCUT2D eigenvalue weighted by Crippen LogP contribution is -2.43. The molecule has 0 spiro atoms. The van der Waals surface area contributed by atoms with Gasteiger partial charge in [-0.05, 0) is 43.2 Å². The molecule has 2 heterocycles. The Kier molecular flexibility index (Phi) is 6.11. The number of hydrogen-bond donors (Lipinski definition) is 2. The van der Waals surface area contributed by atoms with E-state index >= 15 is 0 Å². The van der Waals surface area contributed by atoms with Crippen LogP contribution in [-0.2, 0) is 14.8 Å². The summed E-state index contributed by atoms with van der Waals surface area (Å²) in [5.74, 6) is -2.27. The molecular weight excluding hydrogens is 394 g/mol. The topological polar surface area (TPSA) is 99.8 Å². The highest BCUT2D eigenvalue weighted by atomic mass is 32.2. The number of carbonyl (C=O) groups excluding carboxylic acids is 1. The predicted molar refractivity (Wildman–Crippen MR) is 94.5 cm³/mol. The minimum atomic E-state index is -4.19. The molecule has 1 unspecified atom stereocenters. The first-order valence-corrected chi connectivity index (χ1v) is 10.2. The molecule has 1 aromatic heterocycles. The van der Waals surface area contributed by atoms with Crippen molar-refractivity contribution in [3.05, 3.63) is 54.0 Å². The molecular formula is C18H20F2N2O5S. The molecule has 1 amide bonds. The van der Waals surface area contributed by atoms with Crippen LogP contribution in [0.25, 0.3) is 0 Å². The first kappa shape index (κ1) is 20.4. The molecule has 152 valence electrons. The van der Waals surface area contributed by atoms with Crippen molar-refractivity contribution in [3.8, 4) is 0 Å². The van der Waals surface area contributed by atoms with Gasteiger partial charge in [0, 0.05) is 19.0 Å². The van der Waals surface area contributed by atoms with Crippen LogP contribution in [0, 0.1) is 17.6 Å². The number of halogens is 2. The average Bonchev–Trinajstić information content (AvgIpc) is 3.22. The zero-order chi connectivity index (χ0) is 20.3. The molecule has 0 radical (unpaired) electrons. The quantitative estimate of drug-likeness (QED) is 0.751. The summed E-state index contributed by atoms with van der Waals surface area (Å²) in [6.07, 6.45) is 0.908. The second-order valence-corrected chi connectivity index (χ2v) is 8.44. The third-order valence-electron chi connectivity index (χ3n) is 4.68. The van der Waals surface area contributed by atoms with E-state index in [0.717, 1.165) is 16.4 Å². The van der Waals surface area contributed by atoms with Crippen LogP contribution in [0.15, 0.2) is 45.9 Å². The molecule has 1 aliphatic heterocycles. The second-order valence-electron chi connectivity index (χ2n) is 6.53. The van der Waals surface area contributed by atoms with Crippen LogP contribution in [0.5, 0.6) is 0 Å². The Morgan fingerprint density at radius 1 is 1.29 bits per heavy atom. The van der Waals surface area contributed by atoms with Gasteiger partial charge in [-0.1, -0.05) is 0 Å². The largest absolute Gasteiger partial charge is 0.467 e. The zero-order valence-electron chi connectivity index (χ0n) is 14.8. The molecule has 2 N–H and O–H groups in total. The van der Waals surface area contributed by atoms with Crippen molar-refractivity contribution in [2.24, 2.45) is 5.92 Å². The third kappa shape index (κ3) is 4.40. The average molecular weight is 414 g/mol. The number of benzene rings is 1. The first-order chi connectivity index (χ1) is 13.3. The highest BCUT2D eigenvalue weighted by Crippen LogP contribution is 2.26. The molecule has 0 saturated carbocycles. The number of piperidine rings is 1. The number of aliphatic hydroxyl groups is 1. The van der Waals surface area contributed by atoms with Gasteiger partial charge < -0.3 is 14.8 Å². The number of nitrogens with zero attached hydrogens (tertiary/aromatic N) is 1. The smallest absolute Gasteiger partial charge is 0.246 e. The molecule has 1 aliphatic rings.